The predicted molar refractivity (Wildman–Crippen MR) is 92.5 cm³/mol. The van der Waals surface area contributed by atoms with Crippen molar-refractivity contribution in [1.82, 2.24) is 4.57 Å². The van der Waals surface area contributed by atoms with Gasteiger partial charge in [-0.2, -0.15) is 0 Å². The summed E-state index contributed by atoms with van der Waals surface area (Å²) in [5.41, 5.74) is 4.12. The molecule has 1 aliphatic heterocycles. The molecule has 0 saturated carbocycles. The fourth-order valence-corrected chi connectivity index (χ4v) is 3.32. The van der Waals surface area contributed by atoms with Gasteiger partial charge >= 0.3 is 0 Å². The predicted octanol–water partition coefficient (Wildman–Crippen LogP) is 3.75. The second-order valence-electron chi connectivity index (χ2n) is 6.17. The minimum atomic E-state index is 0.819. The van der Waals surface area contributed by atoms with Gasteiger partial charge in [-0.05, 0) is 31.0 Å². The Bertz CT molecular complexity index is 697. The lowest BCUT2D eigenvalue weighted by Crippen LogP contribution is -2.23. The van der Waals surface area contributed by atoms with Gasteiger partial charge in [-0.25, -0.2) is 4.58 Å². The van der Waals surface area contributed by atoms with Crippen molar-refractivity contribution in [2.75, 3.05) is 19.7 Å². The molecule has 1 aromatic heterocycles. The number of benzene rings is 1. The van der Waals surface area contributed by atoms with Gasteiger partial charge in [0.1, 0.15) is 24.5 Å². The molecule has 2 aromatic rings. The molecule has 0 aliphatic carbocycles. The van der Waals surface area contributed by atoms with Crippen molar-refractivity contribution < 1.29 is 9.31 Å². The summed E-state index contributed by atoms with van der Waals surface area (Å²) in [6, 6.07) is 6.56. The summed E-state index contributed by atoms with van der Waals surface area (Å²) in [4.78, 5) is 0. The van der Waals surface area contributed by atoms with E-state index in [2.05, 4.69) is 54.5 Å². The van der Waals surface area contributed by atoms with Gasteiger partial charge in [0.25, 0.3) is 0 Å². The molecule has 0 bridgehead atoms. The van der Waals surface area contributed by atoms with E-state index in [4.69, 9.17) is 4.74 Å². The molecule has 118 valence electrons. The van der Waals surface area contributed by atoms with Crippen molar-refractivity contribution in [3.05, 3.63) is 29.5 Å². The first-order valence-corrected chi connectivity index (χ1v) is 8.57. The quantitative estimate of drug-likeness (QED) is 0.586. The van der Waals surface area contributed by atoms with E-state index in [0.717, 1.165) is 38.3 Å². The number of hydrogen-bond acceptors (Lipinski definition) is 1. The summed E-state index contributed by atoms with van der Waals surface area (Å²) in [7, 11) is 2.16. The lowest BCUT2D eigenvalue weighted by atomic mass is 10.1. The molecule has 3 heteroatoms. The van der Waals surface area contributed by atoms with Crippen LogP contribution >= 0.6 is 0 Å². The summed E-state index contributed by atoms with van der Waals surface area (Å²) >= 11 is 0. The van der Waals surface area contributed by atoms with Crippen LogP contribution in [0, 0.1) is 0 Å². The number of hydrogen-bond donors (Lipinski definition) is 0. The van der Waals surface area contributed by atoms with Gasteiger partial charge in [0, 0.05) is 24.9 Å². The van der Waals surface area contributed by atoms with Gasteiger partial charge in [-0.3, -0.25) is 0 Å². The maximum Gasteiger partial charge on any atom is 0.187 e. The van der Waals surface area contributed by atoms with E-state index < -0.39 is 0 Å². The van der Waals surface area contributed by atoms with Crippen LogP contribution in [0.5, 0.6) is 5.75 Å². The zero-order valence-corrected chi connectivity index (χ0v) is 14.1. The van der Waals surface area contributed by atoms with Crippen LogP contribution in [-0.2, 0) is 13.5 Å². The van der Waals surface area contributed by atoms with E-state index in [1.165, 1.54) is 35.0 Å². The Morgan fingerprint density at radius 1 is 1.23 bits per heavy atom. The molecule has 0 saturated heterocycles. The fraction of sp³-hybridized carbons (Fsp3) is 0.526. The largest absolute Gasteiger partial charge is 0.494 e. The van der Waals surface area contributed by atoms with Crippen molar-refractivity contribution in [2.45, 2.75) is 39.5 Å². The van der Waals surface area contributed by atoms with Gasteiger partial charge in [0.05, 0.1) is 12.1 Å². The Balaban J connectivity index is 1.90. The third-order valence-corrected chi connectivity index (χ3v) is 4.70. The number of fused-ring (bicyclic) bond motifs is 3. The molecule has 22 heavy (non-hydrogen) atoms. The van der Waals surface area contributed by atoms with Gasteiger partial charge < -0.3 is 9.30 Å². The zero-order chi connectivity index (χ0) is 15.5. The number of aryl methyl sites for hydroxylation is 1. The van der Waals surface area contributed by atoms with Gasteiger partial charge in [-0.15, -0.1) is 0 Å². The lowest BCUT2D eigenvalue weighted by molar-refractivity contribution is -0.520. The molecule has 0 amide bonds. The van der Waals surface area contributed by atoms with E-state index in [9.17, 15) is 0 Å². The molecule has 0 radical (unpaired) electrons. The fourth-order valence-electron chi connectivity index (χ4n) is 3.32. The number of rotatable bonds is 6. The summed E-state index contributed by atoms with van der Waals surface area (Å²) in [5, 5.41) is 1.38. The van der Waals surface area contributed by atoms with E-state index in [1.807, 2.05) is 0 Å². The maximum absolute atomic E-state index is 5.91. The van der Waals surface area contributed by atoms with Gasteiger partial charge in [-0.1, -0.05) is 19.8 Å². The Labute approximate surface area is 133 Å². The third kappa shape index (κ3) is 2.77. The molecular formula is C19H27N2O+. The SMILES string of the molecule is CCCCCOc1ccc2c3c(n(C)c2c1)C=[N+](CC)CC3. The first-order valence-electron chi connectivity index (χ1n) is 8.57. The Hall–Kier alpha value is -1.77. The highest BCUT2D eigenvalue weighted by Gasteiger charge is 2.22. The van der Waals surface area contributed by atoms with Crippen LogP contribution in [0.4, 0.5) is 0 Å². The van der Waals surface area contributed by atoms with E-state index in [-0.39, 0.29) is 0 Å². The topological polar surface area (TPSA) is 17.2 Å². The standard InChI is InChI=1S/C19H27N2O/c1-4-6-7-12-22-15-8-9-16-17-10-11-21(5-2)14-19(17)20(3)18(16)13-15/h8-9,13-14H,4-7,10-12H2,1-3H3/q+1. The molecular weight excluding hydrogens is 272 g/mol. The molecule has 2 heterocycles. The van der Waals surface area contributed by atoms with Crippen molar-refractivity contribution in [1.29, 1.82) is 0 Å². The summed E-state index contributed by atoms with van der Waals surface area (Å²) in [5.74, 6) is 0.994. The zero-order valence-electron chi connectivity index (χ0n) is 14.1. The molecule has 3 rings (SSSR count). The Morgan fingerprint density at radius 2 is 2.09 bits per heavy atom. The first kappa shape index (κ1) is 15.1. The summed E-state index contributed by atoms with van der Waals surface area (Å²) in [6.45, 7) is 7.45. The van der Waals surface area contributed by atoms with E-state index >= 15 is 0 Å². The average molecular weight is 299 g/mol. The summed E-state index contributed by atoms with van der Waals surface area (Å²) < 4.78 is 10.6. The average Bonchev–Trinajstić information content (AvgIpc) is 2.84. The second-order valence-corrected chi connectivity index (χ2v) is 6.17. The lowest BCUT2D eigenvalue weighted by Gasteiger charge is -2.09. The smallest absolute Gasteiger partial charge is 0.187 e. The summed E-state index contributed by atoms with van der Waals surface area (Å²) in [6.07, 6.45) is 7.05. The van der Waals surface area contributed by atoms with Crippen LogP contribution in [0.15, 0.2) is 18.2 Å². The molecule has 0 fully saturated rings. The normalized spacial score (nSPS) is 14.0. The Kier molecular flexibility index (Phi) is 4.51. The molecule has 1 aliphatic rings. The number of nitrogens with zero attached hydrogens (tertiary/aromatic N) is 2. The number of unbranched alkanes of at least 4 members (excludes halogenated alkanes) is 2. The van der Waals surface area contributed by atoms with Gasteiger partial charge in [0.15, 0.2) is 6.21 Å². The van der Waals surface area contributed by atoms with Crippen LogP contribution in [0.2, 0.25) is 0 Å². The monoisotopic (exact) mass is 299 g/mol. The van der Waals surface area contributed by atoms with Crippen molar-refractivity contribution in [2.24, 2.45) is 7.05 Å². The molecule has 0 atom stereocenters. The highest BCUT2D eigenvalue weighted by Crippen LogP contribution is 2.29. The third-order valence-electron chi connectivity index (χ3n) is 4.70. The molecule has 0 unspecified atom stereocenters. The minimum absolute atomic E-state index is 0.819. The van der Waals surface area contributed by atoms with Crippen molar-refractivity contribution in [3.8, 4) is 5.75 Å². The minimum Gasteiger partial charge on any atom is -0.494 e. The number of ether oxygens (including phenoxy) is 1. The van der Waals surface area contributed by atoms with Crippen LogP contribution in [0.25, 0.3) is 10.9 Å². The molecule has 1 aromatic carbocycles. The Morgan fingerprint density at radius 3 is 2.86 bits per heavy atom. The number of aromatic nitrogens is 1. The number of likely N-dealkylation sites (N-methyl/N-ethyl adjacent to an activating group) is 1. The van der Waals surface area contributed by atoms with E-state index in [0.29, 0.717) is 0 Å². The highest BCUT2D eigenvalue weighted by molar-refractivity contribution is 5.94. The van der Waals surface area contributed by atoms with Crippen LogP contribution in [0.3, 0.4) is 0 Å². The van der Waals surface area contributed by atoms with E-state index in [1.54, 1.807) is 0 Å². The van der Waals surface area contributed by atoms with Crippen molar-refractivity contribution in [3.63, 3.8) is 0 Å². The second kappa shape index (κ2) is 6.55. The molecule has 0 spiro atoms. The van der Waals surface area contributed by atoms with Crippen LogP contribution in [-0.4, -0.2) is 35.1 Å². The van der Waals surface area contributed by atoms with Crippen LogP contribution in [0.1, 0.15) is 44.4 Å². The van der Waals surface area contributed by atoms with Crippen LogP contribution < -0.4 is 4.74 Å². The first-order chi connectivity index (χ1) is 10.7. The molecule has 3 nitrogen and oxygen atoms in total. The highest BCUT2D eigenvalue weighted by atomic mass is 16.5. The van der Waals surface area contributed by atoms with Gasteiger partial charge in [0.2, 0.25) is 0 Å². The molecule has 0 N–H and O–H groups in total. The van der Waals surface area contributed by atoms with Crippen molar-refractivity contribution >= 4 is 17.1 Å². The maximum atomic E-state index is 5.91.